The first kappa shape index (κ1) is 21.0. The Morgan fingerprint density at radius 2 is 1.89 bits per heavy atom. The lowest BCUT2D eigenvalue weighted by atomic mass is 10.1. The zero-order valence-corrected chi connectivity index (χ0v) is 16.3. The summed E-state index contributed by atoms with van der Waals surface area (Å²) >= 11 is 1.48. The van der Waals surface area contributed by atoms with E-state index in [2.05, 4.69) is 5.32 Å². The lowest BCUT2D eigenvalue weighted by Crippen LogP contribution is -2.29. The van der Waals surface area contributed by atoms with Gasteiger partial charge in [-0.15, -0.1) is 11.8 Å². The number of carboxylic acids is 2. The Hall–Kier alpha value is -2.28. The molecule has 3 N–H and O–H groups in total. The van der Waals surface area contributed by atoms with Crippen molar-refractivity contribution in [3.05, 3.63) is 41.6 Å². The summed E-state index contributed by atoms with van der Waals surface area (Å²) in [6, 6.07) is 6.87. The summed E-state index contributed by atoms with van der Waals surface area (Å²) in [6.45, 7) is 3.98. The molecule has 146 valence electrons. The van der Waals surface area contributed by atoms with E-state index in [1.165, 1.54) is 11.8 Å². The fraction of sp³-hybridized carbons (Fsp3) is 0.450. The molecular formula is C20H25NO5S. The summed E-state index contributed by atoms with van der Waals surface area (Å²) in [5.41, 5.74) is 0.185. The third-order valence-electron chi connectivity index (χ3n) is 4.64. The van der Waals surface area contributed by atoms with Crippen LogP contribution in [0, 0.1) is 11.3 Å². The standard InChI is InChI=1S/C20H25NO5S/c1-20(2)12-14(20)17(22)21-15(19(25)26)9-4-3-7-11-27-16-10-6-5-8-13(16)18(23)24/h5-6,8-10,14H,3-4,7,11-12H2,1-2H3,(H,21,22)(H,23,24)(H,25,26)/b15-9+. The highest BCUT2D eigenvalue weighted by Gasteiger charge is 2.50. The third kappa shape index (κ3) is 6.13. The Kier molecular flexibility index (Phi) is 7.07. The molecule has 1 unspecified atom stereocenters. The van der Waals surface area contributed by atoms with Crippen molar-refractivity contribution in [2.45, 2.75) is 44.4 Å². The van der Waals surface area contributed by atoms with Crippen LogP contribution in [0.1, 0.15) is 49.9 Å². The number of rotatable bonds is 10. The number of allylic oxidation sites excluding steroid dienone is 1. The maximum atomic E-state index is 12.0. The van der Waals surface area contributed by atoms with Gasteiger partial charge in [-0.25, -0.2) is 9.59 Å². The molecule has 0 saturated heterocycles. The summed E-state index contributed by atoms with van der Waals surface area (Å²) in [6.07, 6.45) is 4.43. The number of aliphatic carboxylic acids is 1. The fourth-order valence-corrected chi connectivity index (χ4v) is 3.82. The largest absolute Gasteiger partial charge is 0.478 e. The van der Waals surface area contributed by atoms with E-state index >= 15 is 0 Å². The molecule has 27 heavy (non-hydrogen) atoms. The average Bonchev–Trinajstić information content (AvgIpc) is 3.25. The maximum absolute atomic E-state index is 12.0. The number of hydrogen-bond donors (Lipinski definition) is 3. The molecule has 1 saturated carbocycles. The van der Waals surface area contributed by atoms with Gasteiger partial charge in [-0.05, 0) is 49.0 Å². The highest BCUT2D eigenvalue weighted by atomic mass is 32.2. The summed E-state index contributed by atoms with van der Waals surface area (Å²) in [7, 11) is 0. The second-order valence-corrected chi connectivity index (χ2v) is 8.44. The lowest BCUT2D eigenvalue weighted by molar-refractivity contribution is -0.135. The van der Waals surface area contributed by atoms with Crippen LogP contribution < -0.4 is 5.32 Å². The fourth-order valence-electron chi connectivity index (χ4n) is 2.77. The van der Waals surface area contributed by atoms with Crippen molar-refractivity contribution in [1.29, 1.82) is 0 Å². The first-order valence-corrected chi connectivity index (χ1v) is 9.90. The van der Waals surface area contributed by atoms with E-state index in [9.17, 15) is 19.5 Å². The van der Waals surface area contributed by atoms with Crippen LogP contribution in [-0.4, -0.2) is 33.8 Å². The second kappa shape index (κ2) is 9.08. The molecule has 1 aliphatic rings. The van der Waals surface area contributed by atoms with E-state index in [0.717, 1.165) is 29.9 Å². The Labute approximate surface area is 163 Å². The van der Waals surface area contributed by atoms with E-state index in [4.69, 9.17) is 5.11 Å². The van der Waals surface area contributed by atoms with Gasteiger partial charge in [-0.1, -0.05) is 32.1 Å². The number of thioether (sulfide) groups is 1. The normalized spacial score (nSPS) is 18.0. The van der Waals surface area contributed by atoms with Crippen LogP contribution in [0.5, 0.6) is 0 Å². The Morgan fingerprint density at radius 3 is 2.48 bits per heavy atom. The van der Waals surface area contributed by atoms with Crippen molar-refractivity contribution < 1.29 is 24.6 Å². The Balaban J connectivity index is 1.76. The van der Waals surface area contributed by atoms with Gasteiger partial charge in [-0.2, -0.15) is 0 Å². The lowest BCUT2D eigenvalue weighted by Gasteiger charge is -2.08. The van der Waals surface area contributed by atoms with Crippen molar-refractivity contribution in [3.8, 4) is 0 Å². The van der Waals surface area contributed by atoms with E-state index in [1.807, 2.05) is 13.8 Å². The van der Waals surface area contributed by atoms with Gasteiger partial charge in [0.1, 0.15) is 5.70 Å². The molecule has 0 radical (unpaired) electrons. The number of amides is 1. The van der Waals surface area contributed by atoms with Crippen molar-refractivity contribution in [2.75, 3.05) is 5.75 Å². The first-order valence-electron chi connectivity index (χ1n) is 8.92. The van der Waals surface area contributed by atoms with Crippen molar-refractivity contribution in [2.24, 2.45) is 11.3 Å². The molecule has 1 atom stereocenters. The molecule has 1 aliphatic carbocycles. The van der Waals surface area contributed by atoms with Gasteiger partial charge >= 0.3 is 11.9 Å². The number of carbonyl (C=O) groups is 3. The highest BCUT2D eigenvalue weighted by Crippen LogP contribution is 2.51. The van der Waals surface area contributed by atoms with Crippen molar-refractivity contribution in [1.82, 2.24) is 5.32 Å². The average molecular weight is 391 g/mol. The molecule has 0 bridgehead atoms. The smallest absolute Gasteiger partial charge is 0.352 e. The van der Waals surface area contributed by atoms with Gasteiger partial charge in [0, 0.05) is 10.8 Å². The van der Waals surface area contributed by atoms with Crippen LogP contribution >= 0.6 is 11.8 Å². The van der Waals surface area contributed by atoms with Gasteiger partial charge < -0.3 is 15.5 Å². The van der Waals surface area contributed by atoms with Crippen LogP contribution in [0.15, 0.2) is 40.9 Å². The Bertz CT molecular complexity index is 756. The third-order valence-corrected chi connectivity index (χ3v) is 5.80. The molecule has 0 heterocycles. The predicted molar refractivity (Wildman–Crippen MR) is 104 cm³/mol. The molecular weight excluding hydrogens is 366 g/mol. The number of nitrogens with one attached hydrogen (secondary N) is 1. The van der Waals surface area contributed by atoms with Gasteiger partial charge in [-0.3, -0.25) is 4.79 Å². The van der Waals surface area contributed by atoms with E-state index in [0.29, 0.717) is 12.0 Å². The summed E-state index contributed by atoms with van der Waals surface area (Å²) in [5, 5.41) is 20.9. The van der Waals surface area contributed by atoms with Crippen LogP contribution in [0.3, 0.4) is 0 Å². The number of aromatic carboxylic acids is 1. The molecule has 1 fully saturated rings. The summed E-state index contributed by atoms with van der Waals surface area (Å²) in [4.78, 5) is 35.2. The van der Waals surface area contributed by atoms with Crippen molar-refractivity contribution in [3.63, 3.8) is 0 Å². The van der Waals surface area contributed by atoms with Gasteiger partial charge in [0.05, 0.1) is 5.56 Å². The summed E-state index contributed by atoms with van der Waals surface area (Å²) in [5.74, 6) is -1.68. The molecule has 6 nitrogen and oxygen atoms in total. The molecule has 0 aromatic heterocycles. The number of benzene rings is 1. The molecule has 0 spiro atoms. The highest BCUT2D eigenvalue weighted by molar-refractivity contribution is 7.99. The number of carboxylic acid groups (broad SMARTS) is 2. The number of unbranched alkanes of at least 4 members (excludes halogenated alkanes) is 2. The van der Waals surface area contributed by atoms with Crippen LogP contribution in [0.2, 0.25) is 0 Å². The minimum absolute atomic E-state index is 0.0445. The van der Waals surface area contributed by atoms with Gasteiger partial charge in [0.15, 0.2) is 0 Å². The minimum atomic E-state index is -1.13. The molecule has 1 amide bonds. The van der Waals surface area contributed by atoms with Gasteiger partial charge in [0.25, 0.3) is 0 Å². The first-order chi connectivity index (χ1) is 12.7. The van der Waals surface area contributed by atoms with Gasteiger partial charge in [0.2, 0.25) is 5.91 Å². The molecule has 0 aliphatic heterocycles. The zero-order chi connectivity index (χ0) is 20.0. The van der Waals surface area contributed by atoms with E-state index in [1.54, 1.807) is 30.3 Å². The monoisotopic (exact) mass is 391 g/mol. The van der Waals surface area contributed by atoms with E-state index < -0.39 is 11.9 Å². The van der Waals surface area contributed by atoms with Crippen LogP contribution in [0.25, 0.3) is 0 Å². The predicted octanol–water partition coefficient (Wildman–Crippen LogP) is 3.78. The molecule has 1 aromatic rings. The molecule has 1 aromatic carbocycles. The maximum Gasteiger partial charge on any atom is 0.352 e. The van der Waals surface area contributed by atoms with Crippen molar-refractivity contribution >= 4 is 29.6 Å². The number of carbonyl (C=O) groups excluding carboxylic acids is 1. The minimum Gasteiger partial charge on any atom is -0.478 e. The zero-order valence-electron chi connectivity index (χ0n) is 15.5. The number of hydrogen-bond acceptors (Lipinski definition) is 4. The summed E-state index contributed by atoms with van der Waals surface area (Å²) < 4.78 is 0. The second-order valence-electron chi connectivity index (χ2n) is 7.30. The molecule has 2 rings (SSSR count). The topological polar surface area (TPSA) is 104 Å². The Morgan fingerprint density at radius 1 is 1.22 bits per heavy atom. The molecule has 7 heteroatoms. The SMILES string of the molecule is CC1(C)CC1C(=O)N/C(=C/CCCCSc1ccccc1C(=O)O)C(=O)O. The van der Waals surface area contributed by atoms with E-state index in [-0.39, 0.29) is 22.9 Å². The van der Waals surface area contributed by atoms with Crippen LogP contribution in [0.4, 0.5) is 0 Å². The quantitative estimate of drug-likeness (QED) is 0.319. The van der Waals surface area contributed by atoms with Crippen LogP contribution in [-0.2, 0) is 9.59 Å².